The van der Waals surface area contributed by atoms with E-state index in [1.165, 1.54) is 6.20 Å². The van der Waals surface area contributed by atoms with Crippen LogP contribution < -0.4 is 9.64 Å². The van der Waals surface area contributed by atoms with Crippen LogP contribution in [-0.4, -0.2) is 93.0 Å². The number of amides is 1. The average molecular weight is 553 g/mol. The first-order valence-corrected chi connectivity index (χ1v) is 13.5. The SMILES string of the molecule is C[C@@H]1CN(c2nc(OC[C@@]34CCCN3C[C@H](F)C4)nc3c(F)c(Cl)ncc23)C[C@H](C)N1C(=O)OC(C)(C)C. The van der Waals surface area contributed by atoms with Crippen molar-refractivity contribution in [3.63, 3.8) is 0 Å². The van der Waals surface area contributed by atoms with E-state index in [0.717, 1.165) is 19.4 Å². The molecule has 3 fully saturated rings. The highest BCUT2D eigenvalue weighted by Gasteiger charge is 2.49. The quantitative estimate of drug-likeness (QED) is 0.509. The minimum absolute atomic E-state index is 0.00655. The number of hydrogen-bond acceptors (Lipinski definition) is 8. The molecule has 2 aromatic heterocycles. The van der Waals surface area contributed by atoms with Gasteiger partial charge in [0, 0.05) is 32.3 Å². The summed E-state index contributed by atoms with van der Waals surface area (Å²) in [6, 6.07) is -0.412. The van der Waals surface area contributed by atoms with Crippen molar-refractivity contribution >= 4 is 34.4 Å². The van der Waals surface area contributed by atoms with Crippen LogP contribution in [0.4, 0.5) is 19.4 Å². The highest BCUT2D eigenvalue weighted by molar-refractivity contribution is 6.30. The number of nitrogens with zero attached hydrogens (tertiary/aromatic N) is 6. The highest BCUT2D eigenvalue weighted by Crippen LogP contribution is 2.40. The van der Waals surface area contributed by atoms with Gasteiger partial charge in [0.25, 0.3) is 0 Å². The zero-order valence-corrected chi connectivity index (χ0v) is 23.3. The van der Waals surface area contributed by atoms with E-state index in [0.29, 0.717) is 37.3 Å². The van der Waals surface area contributed by atoms with Crippen LogP contribution in [0.25, 0.3) is 10.9 Å². The van der Waals surface area contributed by atoms with Gasteiger partial charge < -0.3 is 14.4 Å². The van der Waals surface area contributed by atoms with Crippen molar-refractivity contribution in [3.8, 4) is 6.01 Å². The largest absolute Gasteiger partial charge is 0.461 e. The molecule has 0 aliphatic carbocycles. The number of anilines is 1. The standard InChI is InChI=1S/C26H35ClF2N6O3/c1-15-11-33(12-16(2)35(15)24(36)38-25(3,4)5)22-18-10-30-21(27)19(29)20(18)31-23(32-22)37-14-26-7-6-8-34(26)13-17(28)9-26/h10,15-17H,6-9,11-14H2,1-5H3/t15-,16+,17-,26+/m1/s1. The topological polar surface area (TPSA) is 83.9 Å². The van der Waals surface area contributed by atoms with Crippen molar-refractivity contribution < 1.29 is 23.0 Å². The Kier molecular flexibility index (Phi) is 7.04. The molecular weight excluding hydrogens is 518 g/mol. The summed E-state index contributed by atoms with van der Waals surface area (Å²) >= 11 is 5.99. The van der Waals surface area contributed by atoms with Gasteiger partial charge in [-0.15, -0.1) is 0 Å². The van der Waals surface area contributed by atoms with Crippen molar-refractivity contribution in [1.29, 1.82) is 0 Å². The van der Waals surface area contributed by atoms with Crippen molar-refractivity contribution in [2.24, 2.45) is 0 Å². The van der Waals surface area contributed by atoms with E-state index in [2.05, 4.69) is 19.9 Å². The molecule has 4 atom stereocenters. The van der Waals surface area contributed by atoms with E-state index in [9.17, 15) is 9.18 Å². The van der Waals surface area contributed by atoms with Crippen molar-refractivity contribution in [2.45, 2.75) is 83.3 Å². The summed E-state index contributed by atoms with van der Waals surface area (Å²) in [7, 11) is 0. The van der Waals surface area contributed by atoms with E-state index >= 15 is 4.39 Å². The summed E-state index contributed by atoms with van der Waals surface area (Å²) in [4.78, 5) is 31.7. The van der Waals surface area contributed by atoms with Gasteiger partial charge in [0.1, 0.15) is 29.7 Å². The zero-order chi connectivity index (χ0) is 27.4. The lowest BCUT2D eigenvalue weighted by molar-refractivity contribution is 0.00560. The molecule has 3 saturated heterocycles. The molecule has 9 nitrogen and oxygen atoms in total. The summed E-state index contributed by atoms with van der Waals surface area (Å²) < 4.78 is 41.1. The molecule has 1 amide bonds. The van der Waals surface area contributed by atoms with Crippen LogP contribution in [0.15, 0.2) is 6.20 Å². The first-order chi connectivity index (χ1) is 17.9. The third kappa shape index (κ3) is 5.06. The van der Waals surface area contributed by atoms with Gasteiger partial charge >= 0.3 is 12.1 Å². The van der Waals surface area contributed by atoms with Crippen LogP contribution in [0.2, 0.25) is 5.15 Å². The van der Waals surface area contributed by atoms with Crippen LogP contribution in [0.1, 0.15) is 53.9 Å². The van der Waals surface area contributed by atoms with Crippen molar-refractivity contribution in [3.05, 3.63) is 17.2 Å². The summed E-state index contributed by atoms with van der Waals surface area (Å²) in [6.45, 7) is 11.7. The van der Waals surface area contributed by atoms with Gasteiger partial charge in [-0.3, -0.25) is 9.80 Å². The molecule has 0 radical (unpaired) electrons. The Bertz CT molecular complexity index is 1220. The lowest BCUT2D eigenvalue weighted by Crippen LogP contribution is -2.59. The summed E-state index contributed by atoms with van der Waals surface area (Å²) in [5, 5.41) is 0.107. The van der Waals surface area contributed by atoms with Gasteiger partial charge in [-0.1, -0.05) is 11.6 Å². The summed E-state index contributed by atoms with van der Waals surface area (Å²) in [5.41, 5.74) is -0.995. The Morgan fingerprint density at radius 3 is 2.61 bits per heavy atom. The number of halogens is 3. The number of hydrogen-bond donors (Lipinski definition) is 0. The number of alkyl halides is 1. The Morgan fingerprint density at radius 1 is 1.21 bits per heavy atom. The molecule has 0 aromatic carbocycles. The predicted molar refractivity (Wildman–Crippen MR) is 140 cm³/mol. The third-order valence-corrected chi connectivity index (χ3v) is 7.92. The zero-order valence-electron chi connectivity index (χ0n) is 22.5. The number of carbonyl (C=O) groups excluding carboxylic acids is 1. The van der Waals surface area contributed by atoms with Crippen LogP contribution in [0.5, 0.6) is 6.01 Å². The molecule has 0 saturated carbocycles. The Balaban J connectivity index is 1.44. The smallest absolute Gasteiger partial charge is 0.410 e. The number of carbonyl (C=O) groups is 1. The maximum Gasteiger partial charge on any atom is 0.410 e. The van der Waals surface area contributed by atoms with Gasteiger partial charge in [-0.05, 0) is 54.0 Å². The number of ether oxygens (including phenoxy) is 2. The second-order valence-corrected chi connectivity index (χ2v) is 12.2. The molecule has 0 spiro atoms. The lowest BCUT2D eigenvalue weighted by atomic mass is 9.95. The maximum atomic E-state index is 15.1. The average Bonchev–Trinajstić information content (AvgIpc) is 3.34. The molecule has 38 heavy (non-hydrogen) atoms. The monoisotopic (exact) mass is 552 g/mol. The Hall–Kier alpha value is -2.53. The fraction of sp³-hybridized carbons (Fsp3) is 0.692. The van der Waals surface area contributed by atoms with Gasteiger partial charge in [0.2, 0.25) is 0 Å². The van der Waals surface area contributed by atoms with E-state index in [-0.39, 0.29) is 41.5 Å². The van der Waals surface area contributed by atoms with Gasteiger partial charge in [0.15, 0.2) is 11.0 Å². The van der Waals surface area contributed by atoms with Crippen LogP contribution in [0, 0.1) is 5.82 Å². The van der Waals surface area contributed by atoms with E-state index in [4.69, 9.17) is 21.1 Å². The molecule has 3 aliphatic rings. The maximum absolute atomic E-state index is 15.1. The Labute approximate surface area is 226 Å². The minimum Gasteiger partial charge on any atom is -0.461 e. The van der Waals surface area contributed by atoms with Crippen molar-refractivity contribution in [2.75, 3.05) is 37.7 Å². The summed E-state index contributed by atoms with van der Waals surface area (Å²) in [6.07, 6.45) is 2.40. The normalized spacial score (nSPS) is 28.2. The van der Waals surface area contributed by atoms with Gasteiger partial charge in [-0.25, -0.2) is 18.6 Å². The van der Waals surface area contributed by atoms with Crippen molar-refractivity contribution in [1.82, 2.24) is 24.8 Å². The van der Waals surface area contributed by atoms with Crippen LogP contribution in [-0.2, 0) is 4.74 Å². The van der Waals surface area contributed by atoms with Gasteiger partial charge in [-0.2, -0.15) is 9.97 Å². The van der Waals surface area contributed by atoms with Crippen LogP contribution in [0.3, 0.4) is 0 Å². The first kappa shape index (κ1) is 27.1. The number of pyridine rings is 1. The second kappa shape index (κ2) is 9.89. The van der Waals surface area contributed by atoms with Gasteiger partial charge in [0.05, 0.1) is 23.0 Å². The first-order valence-electron chi connectivity index (χ1n) is 13.2. The predicted octanol–water partition coefficient (Wildman–Crippen LogP) is 4.61. The molecule has 0 N–H and O–H groups in total. The molecule has 2 aromatic rings. The molecule has 0 bridgehead atoms. The molecule has 0 unspecified atom stereocenters. The number of rotatable bonds is 4. The molecule has 5 rings (SSSR count). The highest BCUT2D eigenvalue weighted by atomic mass is 35.5. The molecule has 208 valence electrons. The fourth-order valence-electron chi connectivity index (χ4n) is 6.12. The van der Waals surface area contributed by atoms with Crippen LogP contribution >= 0.6 is 11.6 Å². The van der Waals surface area contributed by atoms with E-state index < -0.39 is 23.1 Å². The third-order valence-electron chi connectivity index (χ3n) is 7.65. The fourth-order valence-corrected chi connectivity index (χ4v) is 6.26. The molecule has 3 aliphatic heterocycles. The number of aromatic nitrogens is 3. The Morgan fingerprint density at radius 2 is 1.92 bits per heavy atom. The molecule has 12 heteroatoms. The second-order valence-electron chi connectivity index (χ2n) is 11.8. The lowest BCUT2D eigenvalue weighted by Gasteiger charge is -2.45. The van der Waals surface area contributed by atoms with E-state index in [1.54, 1.807) is 4.90 Å². The molecular formula is C26H35ClF2N6O3. The minimum atomic E-state index is -0.890. The number of piperazine rings is 1. The number of fused-ring (bicyclic) bond motifs is 2. The molecule has 5 heterocycles. The summed E-state index contributed by atoms with van der Waals surface area (Å²) in [5.74, 6) is -0.303. The van der Waals surface area contributed by atoms with E-state index in [1.807, 2.05) is 39.5 Å².